The van der Waals surface area contributed by atoms with Gasteiger partial charge in [-0.25, -0.2) is 13.4 Å². The van der Waals surface area contributed by atoms with Gasteiger partial charge in [0.05, 0.1) is 23.7 Å². The van der Waals surface area contributed by atoms with E-state index in [1.165, 1.54) is 28.5 Å². The Hall–Kier alpha value is -5.03. The first-order chi connectivity index (χ1) is 21.3. The number of hydrogen-bond donors (Lipinski definition) is 2. The SMILES string of the molecule is CS(=O)(=O)Nc1ccccc1C(=O)c1cnn2c(NCc3ccccc3)c(C(=O)N3CCC(c4ccccc4)CC3)cnc12. The average Bonchev–Trinajstić information content (AvgIpc) is 3.48. The van der Waals surface area contributed by atoms with Gasteiger partial charge in [0, 0.05) is 31.4 Å². The number of carbonyl (C=O) groups excluding carboxylic acids is 2. The summed E-state index contributed by atoms with van der Waals surface area (Å²) in [7, 11) is -3.62. The van der Waals surface area contributed by atoms with Crippen LogP contribution in [0.15, 0.2) is 97.3 Å². The molecule has 1 saturated heterocycles. The Morgan fingerprint density at radius 1 is 0.841 bits per heavy atom. The summed E-state index contributed by atoms with van der Waals surface area (Å²) in [6.45, 7) is 1.64. The fraction of sp³-hybridized carbons (Fsp3) is 0.212. The molecule has 0 unspecified atom stereocenters. The Labute approximate surface area is 255 Å². The van der Waals surface area contributed by atoms with Crippen LogP contribution in [0.2, 0.25) is 0 Å². The van der Waals surface area contributed by atoms with Gasteiger partial charge in [0.15, 0.2) is 5.65 Å². The van der Waals surface area contributed by atoms with Crippen LogP contribution >= 0.6 is 0 Å². The number of amides is 1. The van der Waals surface area contributed by atoms with E-state index in [1.807, 2.05) is 53.4 Å². The van der Waals surface area contributed by atoms with E-state index < -0.39 is 15.8 Å². The van der Waals surface area contributed by atoms with Crippen LogP contribution in [0, 0.1) is 0 Å². The topological polar surface area (TPSA) is 126 Å². The van der Waals surface area contributed by atoms with Gasteiger partial charge in [-0.3, -0.25) is 14.3 Å². The van der Waals surface area contributed by atoms with Crippen LogP contribution < -0.4 is 10.0 Å². The number of sulfonamides is 1. The van der Waals surface area contributed by atoms with Crippen molar-refractivity contribution in [1.82, 2.24) is 19.5 Å². The van der Waals surface area contributed by atoms with Crippen LogP contribution in [0.1, 0.15) is 56.2 Å². The number of para-hydroxylation sites is 1. The summed E-state index contributed by atoms with van der Waals surface area (Å²) in [6.07, 6.45) is 5.64. The number of carbonyl (C=O) groups is 2. The van der Waals surface area contributed by atoms with Crippen molar-refractivity contribution in [3.05, 3.63) is 125 Å². The summed E-state index contributed by atoms with van der Waals surface area (Å²) >= 11 is 0. The first kappa shape index (κ1) is 29.1. The Morgan fingerprint density at radius 3 is 2.20 bits per heavy atom. The summed E-state index contributed by atoms with van der Waals surface area (Å²) in [4.78, 5) is 34.0. The number of nitrogens with one attached hydrogen (secondary N) is 2. The van der Waals surface area contributed by atoms with Crippen LogP contribution in [0.5, 0.6) is 0 Å². The third kappa shape index (κ3) is 6.18. The zero-order valence-electron chi connectivity index (χ0n) is 24.2. The number of hydrogen-bond acceptors (Lipinski definition) is 7. The highest BCUT2D eigenvalue weighted by Crippen LogP contribution is 2.30. The standard InChI is InChI=1S/C33H32N6O4S/c1-44(42,43)37-29-15-9-8-14-26(29)30(40)27-22-36-39-31(27)35-21-28(32(39)34-20-23-10-4-2-5-11-23)33(41)38-18-16-25(17-19-38)24-12-6-3-7-13-24/h2-15,21-22,25,34,37H,16-20H2,1H3. The van der Waals surface area contributed by atoms with Crippen molar-refractivity contribution in [2.24, 2.45) is 0 Å². The first-order valence-corrected chi connectivity index (χ1v) is 16.3. The minimum atomic E-state index is -3.62. The number of fused-ring (bicyclic) bond motifs is 1. The second kappa shape index (κ2) is 12.3. The van der Waals surface area contributed by atoms with Crippen LogP contribution in [-0.4, -0.2) is 59.0 Å². The molecule has 3 heterocycles. The number of aromatic nitrogens is 3. The van der Waals surface area contributed by atoms with Gasteiger partial charge in [-0.1, -0.05) is 72.8 Å². The molecule has 1 amide bonds. The second-order valence-electron chi connectivity index (χ2n) is 10.9. The first-order valence-electron chi connectivity index (χ1n) is 14.4. The lowest BCUT2D eigenvalue weighted by Gasteiger charge is -2.32. The zero-order valence-corrected chi connectivity index (χ0v) is 25.0. The van der Waals surface area contributed by atoms with Gasteiger partial charge in [-0.15, -0.1) is 0 Å². The molecule has 44 heavy (non-hydrogen) atoms. The predicted molar refractivity (Wildman–Crippen MR) is 169 cm³/mol. The minimum Gasteiger partial charge on any atom is -0.365 e. The molecule has 1 fully saturated rings. The van der Waals surface area contributed by atoms with Crippen LogP contribution in [0.3, 0.4) is 0 Å². The molecule has 0 saturated carbocycles. The number of piperidine rings is 1. The van der Waals surface area contributed by atoms with Gasteiger partial charge >= 0.3 is 0 Å². The van der Waals surface area contributed by atoms with Gasteiger partial charge in [0.25, 0.3) is 5.91 Å². The molecule has 3 aromatic carbocycles. The van der Waals surface area contributed by atoms with Gasteiger partial charge in [0.2, 0.25) is 15.8 Å². The van der Waals surface area contributed by atoms with Gasteiger partial charge in [-0.2, -0.15) is 9.61 Å². The number of nitrogens with zero attached hydrogens (tertiary/aromatic N) is 4. The summed E-state index contributed by atoms with van der Waals surface area (Å²) in [5, 5.41) is 7.85. The second-order valence-corrected chi connectivity index (χ2v) is 12.6. The molecule has 1 aliphatic rings. The Balaban J connectivity index is 1.33. The highest BCUT2D eigenvalue weighted by Gasteiger charge is 2.29. The van der Waals surface area contributed by atoms with Gasteiger partial charge in [-0.05, 0) is 42.0 Å². The highest BCUT2D eigenvalue weighted by atomic mass is 32.2. The van der Waals surface area contributed by atoms with E-state index in [1.54, 1.807) is 18.2 Å². The van der Waals surface area contributed by atoms with Crippen molar-refractivity contribution in [3.63, 3.8) is 0 Å². The quantitative estimate of drug-likeness (QED) is 0.227. The molecule has 0 aliphatic carbocycles. The number of benzene rings is 3. The summed E-state index contributed by atoms with van der Waals surface area (Å²) in [5.41, 5.74) is 3.39. The molecule has 2 N–H and O–H groups in total. The zero-order chi connectivity index (χ0) is 30.7. The molecule has 224 valence electrons. The van der Waals surface area contributed by atoms with E-state index in [4.69, 9.17) is 0 Å². The molecular weight excluding hydrogens is 576 g/mol. The van der Waals surface area contributed by atoms with Crippen molar-refractivity contribution in [2.45, 2.75) is 25.3 Å². The third-order valence-corrected chi connectivity index (χ3v) is 8.42. The summed E-state index contributed by atoms with van der Waals surface area (Å²) in [6, 6.07) is 26.5. The van der Waals surface area contributed by atoms with E-state index in [-0.39, 0.29) is 28.4 Å². The normalized spacial score (nSPS) is 14.0. The third-order valence-electron chi connectivity index (χ3n) is 7.82. The molecular formula is C33H32N6O4S. The summed E-state index contributed by atoms with van der Waals surface area (Å²) < 4.78 is 27.8. The largest absolute Gasteiger partial charge is 0.365 e. The number of anilines is 2. The monoisotopic (exact) mass is 608 g/mol. The van der Waals surface area contributed by atoms with Crippen molar-refractivity contribution >= 4 is 38.9 Å². The molecule has 11 heteroatoms. The van der Waals surface area contributed by atoms with Gasteiger partial charge in [0.1, 0.15) is 11.4 Å². The maximum atomic E-state index is 13.9. The smallest absolute Gasteiger partial charge is 0.259 e. The van der Waals surface area contributed by atoms with E-state index in [0.717, 1.165) is 24.7 Å². The molecule has 0 bridgehead atoms. The van der Waals surface area contributed by atoms with E-state index in [0.29, 0.717) is 36.9 Å². The Kier molecular flexibility index (Phi) is 8.12. The van der Waals surface area contributed by atoms with Crippen LogP contribution in [-0.2, 0) is 16.6 Å². The fourth-order valence-electron chi connectivity index (χ4n) is 5.63. The maximum absolute atomic E-state index is 13.9. The van der Waals surface area contributed by atoms with Gasteiger partial charge < -0.3 is 10.2 Å². The maximum Gasteiger partial charge on any atom is 0.259 e. The molecule has 0 radical (unpaired) electrons. The summed E-state index contributed by atoms with van der Waals surface area (Å²) in [5.74, 6) is 0.217. The van der Waals surface area contributed by atoms with Crippen LogP contribution in [0.4, 0.5) is 11.5 Å². The van der Waals surface area contributed by atoms with E-state index in [2.05, 4.69) is 32.3 Å². The van der Waals surface area contributed by atoms with Crippen molar-refractivity contribution < 1.29 is 18.0 Å². The molecule has 6 rings (SSSR count). The molecule has 1 aliphatic heterocycles. The van der Waals surface area contributed by atoms with E-state index >= 15 is 0 Å². The average molecular weight is 609 g/mol. The number of likely N-dealkylation sites (tertiary alicyclic amines) is 1. The molecule has 0 atom stereocenters. The van der Waals surface area contributed by atoms with Crippen molar-refractivity contribution in [2.75, 3.05) is 29.4 Å². The van der Waals surface area contributed by atoms with Crippen LogP contribution in [0.25, 0.3) is 5.65 Å². The fourth-order valence-corrected chi connectivity index (χ4v) is 6.20. The Bertz CT molecular complexity index is 1920. The molecule has 0 spiro atoms. The lowest BCUT2D eigenvalue weighted by atomic mass is 9.89. The molecule has 2 aromatic heterocycles. The van der Waals surface area contributed by atoms with Crippen molar-refractivity contribution in [3.8, 4) is 0 Å². The van der Waals surface area contributed by atoms with Crippen molar-refractivity contribution in [1.29, 1.82) is 0 Å². The number of rotatable bonds is 9. The lowest BCUT2D eigenvalue weighted by molar-refractivity contribution is 0.0713. The minimum absolute atomic E-state index is 0.160. The lowest BCUT2D eigenvalue weighted by Crippen LogP contribution is -2.38. The van der Waals surface area contributed by atoms with E-state index in [9.17, 15) is 18.0 Å². The number of ketones is 1. The molecule has 5 aromatic rings. The molecule has 10 nitrogen and oxygen atoms in total. The highest BCUT2D eigenvalue weighted by molar-refractivity contribution is 7.92. The Morgan fingerprint density at radius 2 is 1.50 bits per heavy atom. The predicted octanol–water partition coefficient (Wildman–Crippen LogP) is 4.96.